The first-order valence-electron chi connectivity index (χ1n) is 5.22. The molecule has 0 aromatic heterocycles. The zero-order chi connectivity index (χ0) is 11.3. The summed E-state index contributed by atoms with van der Waals surface area (Å²) >= 11 is 0. The number of hydrogen-bond acceptors (Lipinski definition) is 2. The Labute approximate surface area is 90.2 Å². The fraction of sp³-hybridized carbons (Fsp3) is 0.500. The number of ether oxygens (including phenoxy) is 1. The summed E-state index contributed by atoms with van der Waals surface area (Å²) in [6, 6.07) is 4.68. The summed E-state index contributed by atoms with van der Waals surface area (Å²) in [5.74, 6) is 0.308. The average molecular weight is 211 g/mol. The second-order valence-electron chi connectivity index (χ2n) is 4.04. The molecule has 0 saturated heterocycles. The highest BCUT2D eigenvalue weighted by Gasteiger charge is 2.05. The van der Waals surface area contributed by atoms with Crippen LogP contribution in [0.2, 0.25) is 0 Å². The van der Waals surface area contributed by atoms with Gasteiger partial charge in [0.25, 0.3) is 0 Å². The topological polar surface area (TPSA) is 35.2 Å². The molecule has 1 aromatic rings. The van der Waals surface area contributed by atoms with Crippen molar-refractivity contribution in [1.29, 1.82) is 0 Å². The summed E-state index contributed by atoms with van der Waals surface area (Å²) < 4.78 is 18.6. The molecule has 0 amide bonds. The third-order valence-electron chi connectivity index (χ3n) is 2.24. The quantitative estimate of drug-likeness (QED) is 0.600. The molecule has 0 radical (unpaired) electrons. The Bertz CT molecular complexity index is 292. The van der Waals surface area contributed by atoms with E-state index in [-0.39, 0.29) is 12.4 Å². The molecule has 2 nitrogen and oxygen atoms in total. The van der Waals surface area contributed by atoms with E-state index >= 15 is 0 Å². The molecule has 0 aliphatic heterocycles. The number of benzene rings is 1. The molecular formula is C12H18FNO. The van der Waals surface area contributed by atoms with Crippen molar-refractivity contribution in [3.05, 3.63) is 29.6 Å². The Morgan fingerprint density at radius 1 is 1.40 bits per heavy atom. The van der Waals surface area contributed by atoms with E-state index in [1.807, 2.05) is 0 Å². The summed E-state index contributed by atoms with van der Waals surface area (Å²) in [6.45, 7) is 5.15. The largest absolute Gasteiger partial charge is 0.398 e. The maximum absolute atomic E-state index is 13.3. The van der Waals surface area contributed by atoms with Gasteiger partial charge in [-0.3, -0.25) is 0 Å². The van der Waals surface area contributed by atoms with Crippen LogP contribution in [0.3, 0.4) is 0 Å². The lowest BCUT2D eigenvalue weighted by Crippen LogP contribution is -2.03. The summed E-state index contributed by atoms with van der Waals surface area (Å²) in [4.78, 5) is 0. The van der Waals surface area contributed by atoms with Gasteiger partial charge in [-0.15, -0.1) is 0 Å². The van der Waals surface area contributed by atoms with E-state index in [0.717, 1.165) is 6.42 Å². The minimum atomic E-state index is -0.292. The van der Waals surface area contributed by atoms with Gasteiger partial charge in [-0.1, -0.05) is 19.9 Å². The molecule has 1 aromatic carbocycles. The van der Waals surface area contributed by atoms with Gasteiger partial charge < -0.3 is 10.5 Å². The number of nitrogen functional groups attached to an aromatic ring is 1. The van der Waals surface area contributed by atoms with Crippen molar-refractivity contribution in [1.82, 2.24) is 0 Å². The standard InChI is InChI=1S/C12H18FNO/c1-9(2)6-7-15-8-10-11(13)4-3-5-12(10)14/h3-5,9H,6-8,14H2,1-2H3. The number of nitrogens with two attached hydrogens (primary N) is 1. The van der Waals surface area contributed by atoms with Crippen molar-refractivity contribution >= 4 is 5.69 Å². The van der Waals surface area contributed by atoms with Crippen molar-refractivity contribution < 1.29 is 9.13 Å². The molecule has 1 rings (SSSR count). The predicted molar refractivity (Wildman–Crippen MR) is 59.9 cm³/mol. The molecule has 0 unspecified atom stereocenters. The zero-order valence-electron chi connectivity index (χ0n) is 9.29. The summed E-state index contributed by atoms with van der Waals surface area (Å²) in [7, 11) is 0. The van der Waals surface area contributed by atoms with Gasteiger partial charge in [-0.2, -0.15) is 0 Å². The molecule has 0 aliphatic carbocycles. The van der Waals surface area contributed by atoms with E-state index in [0.29, 0.717) is 23.8 Å². The third kappa shape index (κ3) is 3.88. The smallest absolute Gasteiger partial charge is 0.130 e. The van der Waals surface area contributed by atoms with Crippen LogP contribution in [-0.2, 0) is 11.3 Å². The van der Waals surface area contributed by atoms with Crippen LogP contribution < -0.4 is 5.73 Å². The van der Waals surface area contributed by atoms with Gasteiger partial charge in [0.2, 0.25) is 0 Å². The number of hydrogen-bond donors (Lipinski definition) is 1. The Kier molecular flexibility index (Phi) is 4.56. The summed E-state index contributed by atoms with van der Waals surface area (Å²) in [5.41, 5.74) is 6.56. The SMILES string of the molecule is CC(C)CCOCc1c(N)cccc1F. The number of anilines is 1. The van der Waals surface area contributed by atoms with Gasteiger partial charge in [0, 0.05) is 17.9 Å². The van der Waals surface area contributed by atoms with Crippen LogP contribution in [0.15, 0.2) is 18.2 Å². The molecule has 0 atom stereocenters. The Balaban J connectivity index is 2.43. The summed E-state index contributed by atoms with van der Waals surface area (Å²) in [5, 5.41) is 0. The highest BCUT2D eigenvalue weighted by molar-refractivity contribution is 5.46. The molecule has 2 N–H and O–H groups in total. The Hall–Kier alpha value is -1.09. The van der Waals surface area contributed by atoms with Crippen LogP contribution in [-0.4, -0.2) is 6.61 Å². The second-order valence-corrected chi connectivity index (χ2v) is 4.04. The van der Waals surface area contributed by atoms with Crippen molar-refractivity contribution in [2.45, 2.75) is 26.9 Å². The van der Waals surface area contributed by atoms with E-state index < -0.39 is 0 Å². The number of rotatable bonds is 5. The van der Waals surface area contributed by atoms with E-state index in [4.69, 9.17) is 10.5 Å². The summed E-state index contributed by atoms with van der Waals surface area (Å²) in [6.07, 6.45) is 0.981. The molecule has 0 fully saturated rings. The lowest BCUT2D eigenvalue weighted by molar-refractivity contribution is 0.109. The lowest BCUT2D eigenvalue weighted by Gasteiger charge is -2.09. The van der Waals surface area contributed by atoms with Crippen molar-refractivity contribution in [2.75, 3.05) is 12.3 Å². The fourth-order valence-electron chi connectivity index (χ4n) is 1.22. The molecule has 0 saturated carbocycles. The minimum absolute atomic E-state index is 0.255. The Morgan fingerprint density at radius 2 is 2.13 bits per heavy atom. The maximum atomic E-state index is 13.3. The van der Waals surface area contributed by atoms with Crippen LogP contribution in [0, 0.1) is 11.7 Å². The van der Waals surface area contributed by atoms with E-state index in [9.17, 15) is 4.39 Å². The molecule has 0 heterocycles. The van der Waals surface area contributed by atoms with Crippen LogP contribution in [0.4, 0.5) is 10.1 Å². The number of halogens is 1. The first-order valence-corrected chi connectivity index (χ1v) is 5.22. The van der Waals surface area contributed by atoms with E-state index in [2.05, 4.69) is 13.8 Å². The van der Waals surface area contributed by atoms with E-state index in [1.165, 1.54) is 6.07 Å². The highest BCUT2D eigenvalue weighted by atomic mass is 19.1. The second kappa shape index (κ2) is 5.71. The van der Waals surface area contributed by atoms with Crippen LogP contribution >= 0.6 is 0 Å². The van der Waals surface area contributed by atoms with Crippen LogP contribution in [0.5, 0.6) is 0 Å². The van der Waals surface area contributed by atoms with Gasteiger partial charge in [0.05, 0.1) is 6.61 Å². The third-order valence-corrected chi connectivity index (χ3v) is 2.24. The molecule has 0 spiro atoms. The van der Waals surface area contributed by atoms with Crippen LogP contribution in [0.25, 0.3) is 0 Å². The minimum Gasteiger partial charge on any atom is -0.398 e. The fourth-order valence-corrected chi connectivity index (χ4v) is 1.22. The highest BCUT2D eigenvalue weighted by Crippen LogP contribution is 2.16. The normalized spacial score (nSPS) is 10.9. The van der Waals surface area contributed by atoms with Crippen LogP contribution in [0.1, 0.15) is 25.8 Å². The monoisotopic (exact) mass is 211 g/mol. The maximum Gasteiger partial charge on any atom is 0.130 e. The molecule has 15 heavy (non-hydrogen) atoms. The lowest BCUT2D eigenvalue weighted by atomic mass is 10.1. The Morgan fingerprint density at radius 3 is 2.73 bits per heavy atom. The first kappa shape index (κ1) is 12.0. The molecular weight excluding hydrogens is 193 g/mol. The average Bonchev–Trinajstić information content (AvgIpc) is 2.15. The van der Waals surface area contributed by atoms with Crippen molar-refractivity contribution in [2.24, 2.45) is 5.92 Å². The van der Waals surface area contributed by atoms with Gasteiger partial charge in [-0.05, 0) is 24.5 Å². The van der Waals surface area contributed by atoms with Crippen molar-refractivity contribution in [3.8, 4) is 0 Å². The van der Waals surface area contributed by atoms with Gasteiger partial charge in [0.1, 0.15) is 5.82 Å². The van der Waals surface area contributed by atoms with Gasteiger partial charge >= 0.3 is 0 Å². The molecule has 0 aliphatic rings. The van der Waals surface area contributed by atoms with Crippen molar-refractivity contribution in [3.63, 3.8) is 0 Å². The van der Waals surface area contributed by atoms with Gasteiger partial charge in [-0.25, -0.2) is 4.39 Å². The molecule has 3 heteroatoms. The molecule has 84 valence electrons. The zero-order valence-corrected chi connectivity index (χ0v) is 9.29. The molecule has 0 bridgehead atoms. The van der Waals surface area contributed by atoms with Gasteiger partial charge in [0.15, 0.2) is 0 Å². The first-order chi connectivity index (χ1) is 7.11. The van der Waals surface area contributed by atoms with E-state index in [1.54, 1.807) is 12.1 Å². The predicted octanol–water partition coefficient (Wildman–Crippen LogP) is 2.97.